The molecule has 0 unspecified atom stereocenters. The van der Waals surface area contributed by atoms with Crippen molar-refractivity contribution in [3.05, 3.63) is 48.2 Å². The van der Waals surface area contributed by atoms with Gasteiger partial charge < -0.3 is 9.73 Å². The Bertz CT molecular complexity index is 440. The third-order valence-corrected chi connectivity index (χ3v) is 2.93. The van der Waals surface area contributed by atoms with Crippen molar-refractivity contribution in [2.24, 2.45) is 0 Å². The second-order valence-electron chi connectivity index (χ2n) is 4.33. The molecule has 1 saturated carbocycles. The minimum absolute atomic E-state index is 0.768. The molecule has 2 aromatic rings. The molecule has 1 N–H and O–H groups in total. The van der Waals surface area contributed by atoms with Crippen LogP contribution in [0.4, 0.5) is 0 Å². The molecule has 1 aromatic heterocycles. The molecule has 3 rings (SSSR count). The molecule has 0 amide bonds. The van der Waals surface area contributed by atoms with Gasteiger partial charge in [0.15, 0.2) is 0 Å². The van der Waals surface area contributed by atoms with Crippen molar-refractivity contribution in [2.75, 3.05) is 0 Å². The van der Waals surface area contributed by atoms with E-state index >= 15 is 0 Å². The smallest absolute Gasteiger partial charge is 0.133 e. The zero-order chi connectivity index (χ0) is 10.8. The van der Waals surface area contributed by atoms with E-state index in [1.54, 1.807) is 6.26 Å². The molecule has 1 aliphatic carbocycles. The Morgan fingerprint density at radius 1 is 1.12 bits per heavy atom. The molecule has 0 bridgehead atoms. The van der Waals surface area contributed by atoms with E-state index in [0.29, 0.717) is 0 Å². The van der Waals surface area contributed by atoms with E-state index in [0.717, 1.165) is 23.9 Å². The summed E-state index contributed by atoms with van der Waals surface area (Å²) in [5.74, 6) is 0.932. The lowest BCUT2D eigenvalue weighted by atomic mass is 10.1. The molecule has 1 fully saturated rings. The molecule has 0 radical (unpaired) electrons. The van der Waals surface area contributed by atoms with E-state index in [-0.39, 0.29) is 0 Å². The summed E-state index contributed by atoms with van der Waals surface area (Å²) in [7, 11) is 0. The summed E-state index contributed by atoms with van der Waals surface area (Å²) >= 11 is 0. The maximum absolute atomic E-state index is 5.35. The molecule has 1 heterocycles. The Hall–Kier alpha value is -1.54. The van der Waals surface area contributed by atoms with Crippen LogP contribution in [0, 0.1) is 0 Å². The van der Waals surface area contributed by atoms with Crippen molar-refractivity contribution in [1.29, 1.82) is 0 Å². The SMILES string of the molecule is c1coc(-c2ccc(CNC3CC3)cc2)c1. The lowest BCUT2D eigenvalue weighted by molar-refractivity contribution is 0.582. The lowest BCUT2D eigenvalue weighted by Gasteiger charge is -2.03. The zero-order valence-corrected chi connectivity index (χ0v) is 9.15. The second-order valence-corrected chi connectivity index (χ2v) is 4.33. The third-order valence-electron chi connectivity index (χ3n) is 2.93. The van der Waals surface area contributed by atoms with Crippen LogP contribution >= 0.6 is 0 Å². The van der Waals surface area contributed by atoms with Gasteiger partial charge in [-0.3, -0.25) is 0 Å². The minimum atomic E-state index is 0.768. The van der Waals surface area contributed by atoms with Crippen LogP contribution in [0.2, 0.25) is 0 Å². The highest BCUT2D eigenvalue weighted by Gasteiger charge is 2.19. The van der Waals surface area contributed by atoms with Gasteiger partial charge in [0.05, 0.1) is 6.26 Å². The van der Waals surface area contributed by atoms with Crippen LogP contribution < -0.4 is 5.32 Å². The first kappa shape index (κ1) is 9.67. The van der Waals surface area contributed by atoms with Gasteiger partial charge in [-0.1, -0.05) is 24.3 Å². The fourth-order valence-electron chi connectivity index (χ4n) is 1.78. The van der Waals surface area contributed by atoms with E-state index in [1.807, 2.05) is 12.1 Å². The van der Waals surface area contributed by atoms with Gasteiger partial charge in [0.25, 0.3) is 0 Å². The van der Waals surface area contributed by atoms with Gasteiger partial charge in [-0.25, -0.2) is 0 Å². The van der Waals surface area contributed by atoms with Crippen LogP contribution in [-0.2, 0) is 6.54 Å². The quantitative estimate of drug-likeness (QED) is 0.843. The molecule has 0 spiro atoms. The summed E-state index contributed by atoms with van der Waals surface area (Å²) in [5, 5.41) is 3.50. The summed E-state index contributed by atoms with van der Waals surface area (Å²) in [6.07, 6.45) is 4.38. The summed E-state index contributed by atoms with van der Waals surface area (Å²) in [6.45, 7) is 0.975. The number of rotatable bonds is 4. The minimum Gasteiger partial charge on any atom is -0.464 e. The molecular formula is C14H15NO. The molecule has 0 atom stereocenters. The number of furan rings is 1. The Balaban J connectivity index is 1.69. The van der Waals surface area contributed by atoms with Crippen molar-refractivity contribution >= 4 is 0 Å². The third kappa shape index (κ3) is 2.17. The largest absolute Gasteiger partial charge is 0.464 e. The Labute approximate surface area is 95.3 Å². The second kappa shape index (κ2) is 4.14. The van der Waals surface area contributed by atoms with Crippen molar-refractivity contribution in [2.45, 2.75) is 25.4 Å². The monoisotopic (exact) mass is 213 g/mol. The van der Waals surface area contributed by atoms with Crippen molar-refractivity contribution in [1.82, 2.24) is 5.32 Å². The van der Waals surface area contributed by atoms with E-state index in [4.69, 9.17) is 4.42 Å². The lowest BCUT2D eigenvalue weighted by Crippen LogP contribution is -2.14. The first-order valence-corrected chi connectivity index (χ1v) is 5.78. The number of hydrogen-bond acceptors (Lipinski definition) is 2. The number of nitrogens with one attached hydrogen (secondary N) is 1. The summed E-state index contributed by atoms with van der Waals surface area (Å²) in [5.41, 5.74) is 2.47. The summed E-state index contributed by atoms with van der Waals surface area (Å²) < 4.78 is 5.35. The summed E-state index contributed by atoms with van der Waals surface area (Å²) in [4.78, 5) is 0. The number of hydrogen-bond donors (Lipinski definition) is 1. The van der Waals surface area contributed by atoms with Gasteiger partial charge in [0, 0.05) is 18.2 Å². The molecule has 1 aromatic carbocycles. The van der Waals surface area contributed by atoms with E-state index in [9.17, 15) is 0 Å². The topological polar surface area (TPSA) is 25.2 Å². The first-order chi connectivity index (χ1) is 7.92. The van der Waals surface area contributed by atoms with E-state index in [1.165, 1.54) is 18.4 Å². The van der Waals surface area contributed by atoms with Crippen LogP contribution in [0.15, 0.2) is 47.1 Å². The summed E-state index contributed by atoms with van der Waals surface area (Å²) in [6, 6.07) is 13.2. The fourth-order valence-corrected chi connectivity index (χ4v) is 1.78. The zero-order valence-electron chi connectivity index (χ0n) is 9.15. The molecule has 0 saturated heterocycles. The van der Waals surface area contributed by atoms with Gasteiger partial charge in [0.2, 0.25) is 0 Å². The highest BCUT2D eigenvalue weighted by atomic mass is 16.3. The molecule has 2 nitrogen and oxygen atoms in total. The maximum Gasteiger partial charge on any atom is 0.133 e. The Morgan fingerprint density at radius 2 is 1.94 bits per heavy atom. The Morgan fingerprint density at radius 3 is 2.56 bits per heavy atom. The van der Waals surface area contributed by atoms with E-state index < -0.39 is 0 Å². The fraction of sp³-hybridized carbons (Fsp3) is 0.286. The average molecular weight is 213 g/mol. The van der Waals surface area contributed by atoms with Gasteiger partial charge in [-0.15, -0.1) is 0 Å². The van der Waals surface area contributed by atoms with Gasteiger partial charge >= 0.3 is 0 Å². The predicted molar refractivity (Wildman–Crippen MR) is 64.0 cm³/mol. The molecule has 16 heavy (non-hydrogen) atoms. The standard InChI is InChI=1S/C14H15NO/c1-2-14(16-9-1)12-5-3-11(4-6-12)10-15-13-7-8-13/h1-6,9,13,15H,7-8,10H2. The van der Waals surface area contributed by atoms with Crippen molar-refractivity contribution in [3.63, 3.8) is 0 Å². The normalized spacial score (nSPS) is 15.2. The van der Waals surface area contributed by atoms with Crippen LogP contribution in [0.5, 0.6) is 0 Å². The predicted octanol–water partition coefficient (Wildman–Crippen LogP) is 3.20. The first-order valence-electron chi connectivity index (χ1n) is 5.78. The van der Waals surface area contributed by atoms with Crippen molar-refractivity contribution in [3.8, 4) is 11.3 Å². The van der Waals surface area contributed by atoms with Gasteiger partial charge in [-0.05, 0) is 30.5 Å². The van der Waals surface area contributed by atoms with Crippen molar-refractivity contribution < 1.29 is 4.42 Å². The van der Waals surface area contributed by atoms with Crippen LogP contribution in [0.25, 0.3) is 11.3 Å². The molecule has 82 valence electrons. The molecular weight excluding hydrogens is 198 g/mol. The highest BCUT2D eigenvalue weighted by molar-refractivity contribution is 5.57. The van der Waals surface area contributed by atoms with E-state index in [2.05, 4.69) is 29.6 Å². The van der Waals surface area contributed by atoms with Crippen LogP contribution in [0.3, 0.4) is 0 Å². The van der Waals surface area contributed by atoms with Crippen LogP contribution in [-0.4, -0.2) is 6.04 Å². The van der Waals surface area contributed by atoms with Crippen LogP contribution in [0.1, 0.15) is 18.4 Å². The van der Waals surface area contributed by atoms with Gasteiger partial charge in [-0.2, -0.15) is 0 Å². The highest BCUT2D eigenvalue weighted by Crippen LogP contribution is 2.21. The molecule has 2 heteroatoms. The molecule has 1 aliphatic rings. The van der Waals surface area contributed by atoms with Gasteiger partial charge in [0.1, 0.15) is 5.76 Å². The average Bonchev–Trinajstić information content (AvgIpc) is 3.00. The number of benzene rings is 1. The Kier molecular flexibility index (Phi) is 2.50. The maximum atomic E-state index is 5.35. The molecule has 0 aliphatic heterocycles.